The van der Waals surface area contributed by atoms with Gasteiger partial charge in [0.2, 0.25) is 0 Å². The second-order valence-corrected chi connectivity index (χ2v) is 14.0. The molecule has 0 aromatic heterocycles. The second kappa shape index (κ2) is 6.61. The minimum absolute atomic E-state index is 0.0510. The molecule has 23 heavy (non-hydrogen) atoms. The Morgan fingerprint density at radius 2 is 1.65 bits per heavy atom. The third kappa shape index (κ3) is 4.55. The van der Waals surface area contributed by atoms with Gasteiger partial charge in [-0.05, 0) is 41.1 Å². The van der Waals surface area contributed by atoms with Crippen molar-refractivity contribution < 1.29 is 5.11 Å². The number of thioether (sulfide) groups is 1. The SMILES string of the molecule is CC(C)(C)c1cc(SC[Si](C)(C)c2ccc(N)cc2)ccc1O. The lowest BCUT2D eigenvalue weighted by molar-refractivity contribution is 0.446. The number of nitrogen functional groups attached to an aromatic ring is 1. The maximum absolute atomic E-state index is 10.1. The van der Waals surface area contributed by atoms with E-state index < -0.39 is 8.07 Å². The van der Waals surface area contributed by atoms with E-state index in [-0.39, 0.29) is 5.41 Å². The molecule has 0 spiro atoms. The van der Waals surface area contributed by atoms with Crippen molar-refractivity contribution >= 4 is 30.7 Å². The summed E-state index contributed by atoms with van der Waals surface area (Å²) in [6.07, 6.45) is 0. The van der Waals surface area contributed by atoms with Gasteiger partial charge < -0.3 is 10.8 Å². The predicted octanol–water partition coefficient (Wildman–Crippen LogP) is 4.52. The van der Waals surface area contributed by atoms with Crippen molar-refractivity contribution in [3.63, 3.8) is 0 Å². The zero-order chi connectivity index (χ0) is 17.3. The van der Waals surface area contributed by atoms with Crippen LogP contribution in [0.15, 0.2) is 47.4 Å². The average Bonchev–Trinajstić information content (AvgIpc) is 2.45. The Labute approximate surface area is 145 Å². The van der Waals surface area contributed by atoms with Crippen molar-refractivity contribution in [3.8, 4) is 5.75 Å². The summed E-state index contributed by atoms with van der Waals surface area (Å²) in [6.45, 7) is 11.2. The van der Waals surface area contributed by atoms with E-state index in [1.54, 1.807) is 0 Å². The topological polar surface area (TPSA) is 46.2 Å². The number of rotatable bonds is 4. The highest BCUT2D eigenvalue weighted by molar-refractivity contribution is 8.01. The number of aromatic hydroxyl groups is 1. The third-order valence-corrected chi connectivity index (χ3v) is 10.0. The van der Waals surface area contributed by atoms with Crippen LogP contribution >= 0.6 is 11.8 Å². The summed E-state index contributed by atoms with van der Waals surface area (Å²) < 4.78 is 0. The Morgan fingerprint density at radius 3 is 2.22 bits per heavy atom. The first kappa shape index (κ1) is 18.0. The van der Waals surface area contributed by atoms with Crippen LogP contribution in [-0.2, 0) is 5.41 Å². The largest absolute Gasteiger partial charge is 0.508 e. The van der Waals surface area contributed by atoms with Crippen LogP contribution in [0, 0.1) is 0 Å². The molecule has 2 rings (SSSR count). The Morgan fingerprint density at radius 1 is 1.04 bits per heavy atom. The molecule has 2 aromatic rings. The molecule has 0 aliphatic heterocycles. The number of phenolic OH excluding ortho intramolecular Hbond substituents is 1. The smallest absolute Gasteiger partial charge is 0.119 e. The molecule has 0 saturated heterocycles. The van der Waals surface area contributed by atoms with Gasteiger partial charge in [0.1, 0.15) is 5.75 Å². The van der Waals surface area contributed by atoms with E-state index in [1.807, 2.05) is 36.0 Å². The maximum Gasteiger partial charge on any atom is 0.119 e. The second-order valence-electron chi connectivity index (χ2n) is 7.72. The number of nitrogens with two attached hydrogens (primary N) is 1. The molecule has 0 aliphatic rings. The van der Waals surface area contributed by atoms with Crippen LogP contribution in [0.4, 0.5) is 5.69 Å². The number of hydrogen-bond acceptors (Lipinski definition) is 3. The van der Waals surface area contributed by atoms with Gasteiger partial charge in [-0.3, -0.25) is 0 Å². The minimum Gasteiger partial charge on any atom is -0.508 e. The molecule has 0 heterocycles. The Bertz CT molecular complexity index is 675. The molecular weight excluding hydrogens is 318 g/mol. The lowest BCUT2D eigenvalue weighted by atomic mass is 9.86. The van der Waals surface area contributed by atoms with Crippen LogP contribution in [-0.4, -0.2) is 18.6 Å². The van der Waals surface area contributed by atoms with Crippen molar-refractivity contribution in [1.82, 2.24) is 0 Å². The average molecular weight is 346 g/mol. The van der Waals surface area contributed by atoms with Crippen LogP contribution in [0.3, 0.4) is 0 Å². The standard InChI is InChI=1S/C19H27NOSSi/c1-19(2,3)17-12-15(8-11-18(17)21)22-13-23(4,5)16-9-6-14(20)7-10-16/h6-12,21H,13,20H2,1-5H3. The van der Waals surface area contributed by atoms with E-state index in [0.717, 1.165) is 16.6 Å². The molecule has 0 amide bonds. The number of phenols is 1. The van der Waals surface area contributed by atoms with Crippen molar-refractivity contribution in [2.24, 2.45) is 0 Å². The van der Waals surface area contributed by atoms with Gasteiger partial charge in [-0.25, -0.2) is 0 Å². The van der Waals surface area contributed by atoms with Crippen molar-refractivity contribution in [3.05, 3.63) is 48.0 Å². The highest BCUT2D eigenvalue weighted by atomic mass is 32.2. The Balaban J connectivity index is 2.15. The molecular formula is C19H27NOSSi. The highest BCUT2D eigenvalue weighted by Crippen LogP contribution is 2.34. The van der Waals surface area contributed by atoms with Crippen molar-refractivity contribution in [1.29, 1.82) is 0 Å². The van der Waals surface area contributed by atoms with Gasteiger partial charge in [-0.2, -0.15) is 0 Å². The Hall–Kier alpha value is -1.39. The summed E-state index contributed by atoms with van der Waals surface area (Å²) in [5, 5.41) is 12.6. The van der Waals surface area contributed by atoms with Gasteiger partial charge in [-0.1, -0.05) is 51.2 Å². The molecule has 2 aromatic carbocycles. The van der Waals surface area contributed by atoms with Crippen molar-refractivity contribution in [2.75, 3.05) is 11.1 Å². The van der Waals surface area contributed by atoms with E-state index in [9.17, 15) is 5.11 Å². The summed E-state index contributed by atoms with van der Waals surface area (Å²) in [5.41, 5.74) is 7.57. The molecule has 0 unspecified atom stereocenters. The van der Waals surface area contributed by atoms with Crippen LogP contribution in [0.1, 0.15) is 26.3 Å². The minimum atomic E-state index is -1.52. The molecule has 0 radical (unpaired) electrons. The van der Waals surface area contributed by atoms with Crippen LogP contribution in [0.5, 0.6) is 5.75 Å². The molecule has 4 heteroatoms. The van der Waals surface area contributed by atoms with E-state index >= 15 is 0 Å². The van der Waals surface area contributed by atoms with Gasteiger partial charge in [0, 0.05) is 16.1 Å². The van der Waals surface area contributed by atoms with E-state index in [0.29, 0.717) is 5.75 Å². The summed E-state index contributed by atoms with van der Waals surface area (Å²) in [7, 11) is -1.52. The van der Waals surface area contributed by atoms with Crippen LogP contribution < -0.4 is 10.9 Å². The first-order chi connectivity index (χ1) is 10.6. The summed E-state index contributed by atoms with van der Waals surface area (Å²) >= 11 is 1.88. The number of benzene rings is 2. The fourth-order valence-electron chi connectivity index (χ4n) is 2.49. The number of anilines is 1. The van der Waals surface area contributed by atoms with Crippen molar-refractivity contribution in [2.45, 2.75) is 44.2 Å². The molecule has 2 nitrogen and oxygen atoms in total. The predicted molar refractivity (Wildman–Crippen MR) is 106 cm³/mol. The third-order valence-electron chi connectivity index (χ3n) is 4.07. The number of hydrogen-bond donors (Lipinski definition) is 2. The normalized spacial score (nSPS) is 12.4. The summed E-state index contributed by atoms with van der Waals surface area (Å²) in [4.78, 5) is 1.23. The summed E-state index contributed by atoms with van der Waals surface area (Å²) in [5.74, 6) is 0.386. The van der Waals surface area contributed by atoms with E-state index in [2.05, 4.69) is 52.1 Å². The summed E-state index contributed by atoms with van der Waals surface area (Å²) in [6, 6.07) is 14.3. The van der Waals surface area contributed by atoms with Gasteiger partial charge >= 0.3 is 0 Å². The van der Waals surface area contributed by atoms with Crippen LogP contribution in [0.2, 0.25) is 13.1 Å². The molecule has 0 fully saturated rings. The first-order valence-corrected chi connectivity index (χ1v) is 12.1. The van der Waals surface area contributed by atoms with Crippen LogP contribution in [0.25, 0.3) is 0 Å². The maximum atomic E-state index is 10.1. The first-order valence-electron chi connectivity index (χ1n) is 7.92. The molecule has 124 valence electrons. The lowest BCUT2D eigenvalue weighted by Gasteiger charge is -2.24. The van der Waals surface area contributed by atoms with Gasteiger partial charge in [0.05, 0.1) is 8.07 Å². The lowest BCUT2D eigenvalue weighted by Crippen LogP contribution is -2.44. The monoisotopic (exact) mass is 345 g/mol. The quantitative estimate of drug-likeness (QED) is 0.486. The molecule has 0 atom stereocenters. The van der Waals surface area contributed by atoms with Gasteiger partial charge in [0.25, 0.3) is 0 Å². The molecule has 3 N–H and O–H groups in total. The molecule has 0 bridgehead atoms. The van der Waals surface area contributed by atoms with E-state index in [1.165, 1.54) is 10.1 Å². The fraction of sp³-hybridized carbons (Fsp3) is 0.368. The van der Waals surface area contributed by atoms with E-state index in [4.69, 9.17) is 5.73 Å². The zero-order valence-electron chi connectivity index (χ0n) is 14.7. The fourth-order valence-corrected chi connectivity index (χ4v) is 6.70. The highest BCUT2D eigenvalue weighted by Gasteiger charge is 2.24. The Kier molecular flexibility index (Phi) is 5.16. The molecule has 0 saturated carbocycles. The zero-order valence-corrected chi connectivity index (χ0v) is 16.5. The van der Waals surface area contributed by atoms with Gasteiger partial charge in [0.15, 0.2) is 0 Å². The molecule has 0 aliphatic carbocycles. The van der Waals surface area contributed by atoms with Gasteiger partial charge in [-0.15, -0.1) is 11.8 Å².